The standard InChI is InChI=1S/C6H12NO4P/c1-6(8)7(9)4-2-3-5-12(10)11/h9H,2-5H2,1H3/p+1. The molecule has 1 amide bonds. The van der Waals surface area contributed by atoms with E-state index in [1.165, 1.54) is 6.92 Å². The average Bonchev–Trinajstić information content (AvgIpc) is 1.97. The van der Waals surface area contributed by atoms with Gasteiger partial charge in [-0.2, -0.15) is 4.89 Å². The molecule has 5 nitrogen and oxygen atoms in total. The Morgan fingerprint density at radius 3 is 2.50 bits per heavy atom. The first-order valence-corrected chi connectivity index (χ1v) is 5.04. The highest BCUT2D eigenvalue weighted by atomic mass is 31.1. The van der Waals surface area contributed by atoms with E-state index in [-0.39, 0.29) is 12.7 Å². The molecule has 6 heteroatoms. The maximum atomic E-state index is 10.4. The van der Waals surface area contributed by atoms with Crippen LogP contribution in [0.25, 0.3) is 0 Å². The van der Waals surface area contributed by atoms with Crippen molar-refractivity contribution in [2.24, 2.45) is 0 Å². The second-order valence-corrected chi connectivity index (χ2v) is 3.58. The van der Waals surface area contributed by atoms with Gasteiger partial charge in [0.25, 0.3) is 0 Å². The van der Waals surface area contributed by atoms with E-state index < -0.39 is 13.9 Å². The summed E-state index contributed by atoms with van der Waals surface area (Å²) in [6.45, 7) is 1.48. The Labute approximate surface area is 71.8 Å². The SMILES string of the molecule is CC(=O)N(O)CCCC[P+](=O)O. The van der Waals surface area contributed by atoms with Crippen LogP contribution in [0.1, 0.15) is 19.8 Å². The Bertz CT molecular complexity index is 173. The molecule has 0 spiro atoms. The minimum Gasteiger partial charge on any atom is -0.286 e. The number of hydrogen-bond donors (Lipinski definition) is 2. The Hall–Kier alpha value is -0.510. The van der Waals surface area contributed by atoms with E-state index >= 15 is 0 Å². The van der Waals surface area contributed by atoms with Gasteiger partial charge < -0.3 is 0 Å². The summed E-state index contributed by atoms with van der Waals surface area (Å²) in [6.07, 6.45) is 1.30. The highest BCUT2D eigenvalue weighted by Gasteiger charge is 2.10. The molecule has 0 aromatic heterocycles. The smallest absolute Gasteiger partial charge is 0.286 e. The van der Waals surface area contributed by atoms with E-state index in [0.29, 0.717) is 17.9 Å². The normalized spacial score (nSPS) is 11.1. The monoisotopic (exact) mass is 194 g/mol. The summed E-state index contributed by atoms with van der Waals surface area (Å²) in [4.78, 5) is 18.8. The molecule has 0 aliphatic carbocycles. The Morgan fingerprint density at radius 2 is 2.08 bits per heavy atom. The Kier molecular flexibility index (Phi) is 5.80. The minimum absolute atomic E-state index is 0.221. The first-order chi connectivity index (χ1) is 5.54. The van der Waals surface area contributed by atoms with Gasteiger partial charge in [0.15, 0.2) is 6.16 Å². The molecule has 0 saturated heterocycles. The van der Waals surface area contributed by atoms with Crippen LogP contribution in [0.3, 0.4) is 0 Å². The fourth-order valence-electron chi connectivity index (χ4n) is 0.666. The Morgan fingerprint density at radius 1 is 1.50 bits per heavy atom. The third-order valence-corrected chi connectivity index (χ3v) is 2.03. The molecule has 0 bridgehead atoms. The number of carbonyl (C=O) groups excluding carboxylic acids is 1. The van der Waals surface area contributed by atoms with Gasteiger partial charge in [0.05, 0.1) is 0 Å². The Balaban J connectivity index is 3.31. The van der Waals surface area contributed by atoms with Crippen LogP contribution in [0.2, 0.25) is 0 Å². The number of nitrogens with zero attached hydrogens (tertiary/aromatic N) is 1. The maximum absolute atomic E-state index is 10.4. The van der Waals surface area contributed by atoms with Crippen LogP contribution in [-0.2, 0) is 9.36 Å². The van der Waals surface area contributed by atoms with E-state index in [0.717, 1.165) is 0 Å². The van der Waals surface area contributed by atoms with Crippen molar-refractivity contribution < 1.29 is 19.5 Å². The fraction of sp³-hybridized carbons (Fsp3) is 0.833. The third kappa shape index (κ3) is 6.22. The molecule has 0 aliphatic heterocycles. The lowest BCUT2D eigenvalue weighted by molar-refractivity contribution is -0.162. The van der Waals surface area contributed by atoms with E-state index in [1.54, 1.807) is 0 Å². The molecule has 2 N–H and O–H groups in total. The van der Waals surface area contributed by atoms with E-state index in [1.807, 2.05) is 0 Å². The first kappa shape index (κ1) is 11.5. The lowest BCUT2D eigenvalue weighted by Gasteiger charge is -2.10. The molecule has 0 radical (unpaired) electrons. The van der Waals surface area contributed by atoms with Gasteiger partial charge in [0, 0.05) is 13.5 Å². The van der Waals surface area contributed by atoms with Gasteiger partial charge in [-0.3, -0.25) is 10.0 Å². The zero-order valence-corrected chi connectivity index (χ0v) is 7.83. The third-order valence-electron chi connectivity index (χ3n) is 1.33. The summed E-state index contributed by atoms with van der Waals surface area (Å²) in [5.41, 5.74) is 0. The predicted molar refractivity (Wildman–Crippen MR) is 43.1 cm³/mol. The molecular weight excluding hydrogens is 181 g/mol. The topological polar surface area (TPSA) is 77.8 Å². The molecule has 1 atom stereocenters. The summed E-state index contributed by atoms with van der Waals surface area (Å²) in [5, 5.41) is 9.44. The minimum atomic E-state index is -2.08. The van der Waals surface area contributed by atoms with Crippen molar-refractivity contribution >= 4 is 13.9 Å². The number of carbonyl (C=O) groups is 1. The summed E-state index contributed by atoms with van der Waals surface area (Å²) in [5.74, 6) is -0.414. The van der Waals surface area contributed by atoms with E-state index in [2.05, 4.69) is 0 Å². The molecular formula is C6H13NO4P+. The average molecular weight is 194 g/mol. The van der Waals surface area contributed by atoms with Crippen molar-refractivity contribution in [1.82, 2.24) is 5.06 Å². The van der Waals surface area contributed by atoms with Gasteiger partial charge in [-0.1, -0.05) is 0 Å². The molecule has 12 heavy (non-hydrogen) atoms. The van der Waals surface area contributed by atoms with Crippen LogP contribution in [-0.4, -0.2) is 33.8 Å². The molecule has 0 fully saturated rings. The second-order valence-electron chi connectivity index (χ2n) is 2.43. The van der Waals surface area contributed by atoms with Gasteiger partial charge in [0.1, 0.15) is 0 Å². The number of hydroxylamine groups is 2. The number of unbranched alkanes of at least 4 members (excludes halogenated alkanes) is 1. The van der Waals surface area contributed by atoms with Crippen molar-refractivity contribution in [3.8, 4) is 0 Å². The lowest BCUT2D eigenvalue weighted by atomic mass is 10.3. The number of rotatable bonds is 5. The van der Waals surface area contributed by atoms with Crippen molar-refractivity contribution in [2.75, 3.05) is 12.7 Å². The summed E-state index contributed by atoms with van der Waals surface area (Å²) < 4.78 is 10.2. The van der Waals surface area contributed by atoms with Crippen molar-refractivity contribution in [1.29, 1.82) is 0 Å². The zero-order chi connectivity index (χ0) is 9.56. The maximum Gasteiger partial charge on any atom is 0.505 e. The molecule has 0 aromatic carbocycles. The summed E-state index contributed by atoms with van der Waals surface area (Å²) >= 11 is 0. The summed E-state index contributed by atoms with van der Waals surface area (Å²) in [6, 6.07) is 0. The van der Waals surface area contributed by atoms with Gasteiger partial charge in [0.2, 0.25) is 5.91 Å². The van der Waals surface area contributed by atoms with Crippen LogP contribution >= 0.6 is 8.03 Å². The molecule has 1 unspecified atom stereocenters. The molecule has 0 heterocycles. The van der Waals surface area contributed by atoms with Gasteiger partial charge in [-0.25, -0.2) is 5.06 Å². The highest BCUT2D eigenvalue weighted by molar-refractivity contribution is 7.37. The largest absolute Gasteiger partial charge is 0.505 e. The van der Waals surface area contributed by atoms with Crippen molar-refractivity contribution in [3.63, 3.8) is 0 Å². The predicted octanol–water partition coefficient (Wildman–Crippen LogP) is 0.739. The number of hydrogen-bond acceptors (Lipinski definition) is 3. The van der Waals surface area contributed by atoms with Gasteiger partial charge >= 0.3 is 8.03 Å². The van der Waals surface area contributed by atoms with Crippen LogP contribution < -0.4 is 0 Å². The fourth-order valence-corrected chi connectivity index (χ4v) is 1.16. The van der Waals surface area contributed by atoms with Crippen LogP contribution in [0, 0.1) is 0 Å². The van der Waals surface area contributed by atoms with Gasteiger partial charge in [-0.05, 0) is 17.4 Å². The van der Waals surface area contributed by atoms with Crippen LogP contribution in [0.5, 0.6) is 0 Å². The van der Waals surface area contributed by atoms with E-state index in [9.17, 15) is 9.36 Å². The van der Waals surface area contributed by atoms with Gasteiger partial charge in [-0.15, -0.1) is 0 Å². The second kappa shape index (κ2) is 6.06. The van der Waals surface area contributed by atoms with Crippen molar-refractivity contribution in [2.45, 2.75) is 19.8 Å². The molecule has 70 valence electrons. The molecule has 0 aliphatic rings. The lowest BCUT2D eigenvalue weighted by Crippen LogP contribution is -2.25. The van der Waals surface area contributed by atoms with Crippen molar-refractivity contribution in [3.05, 3.63) is 0 Å². The summed E-state index contributed by atoms with van der Waals surface area (Å²) in [7, 11) is -2.08. The quantitative estimate of drug-likeness (QED) is 0.293. The molecule has 0 aromatic rings. The number of amides is 1. The zero-order valence-electron chi connectivity index (χ0n) is 6.93. The van der Waals surface area contributed by atoms with Crippen LogP contribution in [0.15, 0.2) is 0 Å². The van der Waals surface area contributed by atoms with Crippen LogP contribution in [0.4, 0.5) is 0 Å². The molecule has 0 rings (SSSR count). The molecule has 0 saturated carbocycles. The highest BCUT2D eigenvalue weighted by Crippen LogP contribution is 2.14. The first-order valence-electron chi connectivity index (χ1n) is 3.64. The van der Waals surface area contributed by atoms with E-state index in [4.69, 9.17) is 10.1 Å².